The predicted molar refractivity (Wildman–Crippen MR) is 286 cm³/mol. The van der Waals surface area contributed by atoms with Crippen LogP contribution in [0.3, 0.4) is 0 Å². The van der Waals surface area contributed by atoms with Crippen molar-refractivity contribution in [3.63, 3.8) is 0 Å². The average molecular weight is 1150 g/mol. The van der Waals surface area contributed by atoms with Gasteiger partial charge < -0.3 is 72.4 Å². The average Bonchev–Trinajstić information content (AvgIpc) is 4.21. The number of nitrogens with two attached hydrogens (primary N) is 2. The number of amides is 9. The Morgan fingerprint density at radius 2 is 1.43 bits per heavy atom. The smallest absolute Gasteiger partial charge is 0.348 e. The van der Waals surface area contributed by atoms with Crippen LogP contribution in [0.15, 0.2) is 0 Å². The molecule has 0 saturated carbocycles. The second-order valence-electron chi connectivity index (χ2n) is 20.0. The zero-order valence-electron chi connectivity index (χ0n) is 45.4. The number of Topliss-reactive ketones (excluding diaryl/α,β-unsaturated/α-hetero) is 1. The largest absolute Gasteiger partial charge is 0.550 e. The van der Waals surface area contributed by atoms with Crippen LogP contribution in [0, 0.1) is 13.1 Å². The summed E-state index contributed by atoms with van der Waals surface area (Å²) in [6, 6.07) is -7.93. The number of rotatable bonds is 33. The number of hydrogen-bond acceptors (Lipinski definition) is 18. The van der Waals surface area contributed by atoms with Gasteiger partial charge in [-0.3, -0.25) is 63.5 Å². The van der Waals surface area contributed by atoms with E-state index in [1.54, 1.807) is 27.8 Å². The third kappa shape index (κ3) is 22.5. The molecule has 3 rings (SSSR count). The van der Waals surface area contributed by atoms with E-state index in [0.29, 0.717) is 50.8 Å². The molecule has 3 saturated heterocycles. The summed E-state index contributed by atoms with van der Waals surface area (Å²) in [4.78, 5) is 161. The molecule has 2 radical (unpaired) electrons. The van der Waals surface area contributed by atoms with E-state index >= 15 is 0 Å². The maximum absolute atomic E-state index is 14.3. The van der Waals surface area contributed by atoms with Gasteiger partial charge in [-0.05, 0) is 99.0 Å². The number of carbonyl (C=O) groups excluding carboxylic acids is 11. The van der Waals surface area contributed by atoms with Gasteiger partial charge in [0.2, 0.25) is 47.3 Å². The van der Waals surface area contributed by atoms with Crippen LogP contribution in [0.2, 0.25) is 0 Å². The number of nitrogens with zero attached hydrogens (tertiary/aromatic N) is 3. The SMILES string of the molecule is CNC(C)C(=O)N[CH]C(=O)N1CCCC1C(=O)NC(CCC[NH+]=C(N)NC(=O)CCCCCNC(=O)CCSSC(C)(C)[C@@H](N)C(=O)O)C(=O)NC(CCC(=O)[O-])C(=O)N1CC(O)CC1C(=O)N[CH]C(=O)N1CCCC1C(C)=O. The first-order valence-electron chi connectivity index (χ1n) is 26.3. The fourth-order valence-electron chi connectivity index (χ4n) is 8.74. The van der Waals surface area contributed by atoms with Gasteiger partial charge in [-0.1, -0.05) is 28.0 Å². The molecule has 3 heterocycles. The summed E-state index contributed by atoms with van der Waals surface area (Å²) in [6.07, 6.45) is 0.766. The lowest BCUT2D eigenvalue weighted by molar-refractivity contribution is -0.460. The molecular formula is C49H79N13O15S2. The van der Waals surface area contributed by atoms with Crippen molar-refractivity contribution in [3.05, 3.63) is 13.1 Å². The minimum absolute atomic E-state index is 0.0339. The Balaban J connectivity index is 1.65. The second-order valence-corrected chi connectivity index (χ2v) is 23.1. The maximum atomic E-state index is 14.3. The van der Waals surface area contributed by atoms with Gasteiger partial charge >= 0.3 is 11.9 Å². The minimum atomic E-state index is -1.65. The number of likely N-dealkylation sites (N-methyl/N-ethyl adjacent to an activating group) is 1. The van der Waals surface area contributed by atoms with Crippen LogP contribution in [0.25, 0.3) is 0 Å². The highest BCUT2D eigenvalue weighted by atomic mass is 33.1. The van der Waals surface area contributed by atoms with Crippen LogP contribution < -0.4 is 58.8 Å². The summed E-state index contributed by atoms with van der Waals surface area (Å²) in [5.41, 5.74) is 11.8. The third-order valence-corrected chi connectivity index (χ3v) is 16.8. The number of carbonyl (C=O) groups is 12. The number of hydrogen-bond donors (Lipinski definition) is 12. The number of carboxylic acid groups (broad SMARTS) is 2. The Hall–Kier alpha value is -6.11. The lowest BCUT2D eigenvalue weighted by Crippen LogP contribution is -2.79. The van der Waals surface area contributed by atoms with Crippen molar-refractivity contribution in [2.24, 2.45) is 11.5 Å². The quantitative estimate of drug-likeness (QED) is 0.0126. The first kappa shape index (κ1) is 67.2. The Kier molecular flexibility index (Phi) is 28.5. The summed E-state index contributed by atoms with van der Waals surface area (Å²) >= 11 is 0. The third-order valence-electron chi connectivity index (χ3n) is 13.5. The van der Waals surface area contributed by atoms with Crippen LogP contribution in [0.4, 0.5) is 0 Å². The zero-order chi connectivity index (χ0) is 59.0. The van der Waals surface area contributed by atoms with E-state index in [2.05, 4.69) is 42.2 Å². The molecule has 30 heteroatoms. The summed E-state index contributed by atoms with van der Waals surface area (Å²) in [5.74, 6) is -8.54. The number of aliphatic hydroxyl groups excluding tert-OH is 1. The predicted octanol–water partition coefficient (Wildman–Crippen LogP) is -5.89. The number of guanidine groups is 1. The number of aliphatic carboxylic acids is 2. The van der Waals surface area contributed by atoms with E-state index in [-0.39, 0.29) is 75.8 Å². The molecule has 0 aromatic carbocycles. The van der Waals surface area contributed by atoms with Gasteiger partial charge in [0, 0.05) is 61.9 Å². The van der Waals surface area contributed by atoms with Crippen molar-refractivity contribution in [3.8, 4) is 0 Å². The highest BCUT2D eigenvalue weighted by molar-refractivity contribution is 8.77. The second kappa shape index (κ2) is 33.5. The number of aliphatic hydroxyl groups is 1. The molecule has 3 aliphatic heterocycles. The highest BCUT2D eigenvalue weighted by Gasteiger charge is 2.43. The number of likely N-dealkylation sites (tertiary alicyclic amines) is 3. The summed E-state index contributed by atoms with van der Waals surface area (Å²) in [6.45, 7) is 8.59. The highest BCUT2D eigenvalue weighted by Crippen LogP contribution is 2.38. The van der Waals surface area contributed by atoms with Gasteiger partial charge in [0.1, 0.15) is 43.3 Å². The van der Waals surface area contributed by atoms with E-state index in [9.17, 15) is 67.7 Å². The molecule has 3 aliphatic rings. The number of carboxylic acids is 2. The molecule has 14 N–H and O–H groups in total. The van der Waals surface area contributed by atoms with Gasteiger partial charge in [0.05, 0.1) is 24.7 Å². The molecule has 3 fully saturated rings. The van der Waals surface area contributed by atoms with E-state index in [4.69, 9.17) is 16.6 Å². The van der Waals surface area contributed by atoms with Crippen molar-refractivity contribution in [2.75, 3.05) is 45.5 Å². The topological polar surface area (TPSA) is 428 Å². The molecule has 9 amide bonds. The Morgan fingerprint density at radius 3 is 2.06 bits per heavy atom. The van der Waals surface area contributed by atoms with Crippen molar-refractivity contribution >= 4 is 98.4 Å². The normalized spacial score (nSPS) is 19.8. The molecule has 28 nitrogen and oxygen atoms in total. The fourth-order valence-corrected chi connectivity index (χ4v) is 11.3. The Bertz CT molecular complexity index is 2220. The number of nitrogens with one attached hydrogen (secondary N) is 8. The lowest BCUT2D eigenvalue weighted by atomic mass is 10.1. The number of β-amino-alcohol motifs (C(OH)–C–C–N with tert-alkyl or cyclic N) is 1. The molecule has 7 unspecified atom stereocenters. The summed E-state index contributed by atoms with van der Waals surface area (Å²) < 4.78 is -0.731. The van der Waals surface area contributed by atoms with Crippen LogP contribution in [-0.4, -0.2) is 200 Å². The molecular weight excluding hydrogens is 1070 g/mol. The molecule has 79 heavy (non-hydrogen) atoms. The van der Waals surface area contributed by atoms with Crippen LogP contribution in [-0.2, 0) is 57.5 Å². The van der Waals surface area contributed by atoms with Crippen molar-refractivity contribution in [1.29, 1.82) is 0 Å². The molecule has 0 aromatic rings. The monoisotopic (exact) mass is 1150 g/mol. The van der Waals surface area contributed by atoms with E-state index < -0.39 is 132 Å². The molecule has 0 bridgehead atoms. The van der Waals surface area contributed by atoms with Crippen LogP contribution in [0.5, 0.6) is 0 Å². The lowest BCUT2D eigenvalue weighted by Gasteiger charge is -2.30. The molecule has 0 spiro atoms. The zero-order valence-corrected chi connectivity index (χ0v) is 47.1. The van der Waals surface area contributed by atoms with Crippen LogP contribution in [0.1, 0.15) is 118 Å². The first-order chi connectivity index (χ1) is 37.3. The molecule has 442 valence electrons. The van der Waals surface area contributed by atoms with Gasteiger partial charge in [0.15, 0.2) is 5.78 Å². The maximum Gasteiger partial charge on any atom is 0.348 e. The van der Waals surface area contributed by atoms with Gasteiger partial charge in [-0.2, -0.15) is 0 Å². The molecule has 0 aromatic heterocycles. The fraction of sp³-hybridized carbons (Fsp3) is 0.694. The molecule has 0 aliphatic carbocycles. The van der Waals surface area contributed by atoms with Crippen molar-refractivity contribution in [2.45, 2.75) is 171 Å². The Morgan fingerprint density at radius 1 is 0.785 bits per heavy atom. The number of ketones is 1. The minimum Gasteiger partial charge on any atom is -0.550 e. The standard InChI is InChI=1S/C49H79N13O15S2/c1-28(52-5)42(71)55-25-39(68)61-22-11-14-34(61)45(74)57-31(12-9-20-54-48(51)59-37(66)15-7-6-8-19-53-36(65)18-23-78-79-49(3,4)41(50)47(76)77)43(72)58-32(16-17-40(69)70)46(75)62-27-30(64)24-35(62)44(73)56-26-38(67)60-21-10-13-33(60)29(2)63/h25-26,28,30-35,41,52,64H,6-24,27,50H2,1-5H3,(H,53,65)(H,55,71)(H,56,73)(H,57,74)(H,58,72)(H,69,70)(H,76,77)(H3,51,54,59,66)/t28?,30?,31?,32?,33?,34?,35?,41-/m0/s1. The van der Waals surface area contributed by atoms with Crippen LogP contribution >= 0.6 is 21.6 Å². The number of unbranched alkanes of at least 4 members (excludes halogenated alkanes) is 2. The Labute approximate surface area is 467 Å². The van der Waals surface area contributed by atoms with Crippen molar-refractivity contribution in [1.82, 2.24) is 51.9 Å². The van der Waals surface area contributed by atoms with E-state index in [0.717, 1.165) is 18.0 Å². The first-order valence-corrected chi connectivity index (χ1v) is 28.7. The van der Waals surface area contributed by atoms with Gasteiger partial charge in [-0.25, -0.2) is 5.32 Å². The molecule has 8 atom stereocenters. The summed E-state index contributed by atoms with van der Waals surface area (Å²) in [7, 11) is 4.22. The van der Waals surface area contributed by atoms with Crippen molar-refractivity contribution < 1.29 is 77.8 Å². The van der Waals surface area contributed by atoms with E-state index in [1.165, 1.54) is 38.3 Å². The summed E-state index contributed by atoms with van der Waals surface area (Å²) in [5, 5.41) is 49.5. The van der Waals surface area contributed by atoms with E-state index in [1.807, 2.05) is 0 Å². The van der Waals surface area contributed by atoms with Gasteiger partial charge in [0.25, 0.3) is 5.91 Å². The van der Waals surface area contributed by atoms with Gasteiger partial charge in [-0.15, -0.1) is 0 Å².